The van der Waals surface area contributed by atoms with Crippen LogP contribution in [0.3, 0.4) is 0 Å². The zero-order chi connectivity index (χ0) is 11.7. The van der Waals surface area contributed by atoms with Crippen LogP contribution in [0.4, 0.5) is 0 Å². The highest BCUT2D eigenvalue weighted by Crippen LogP contribution is 2.25. The van der Waals surface area contributed by atoms with Gasteiger partial charge in [0.05, 0.1) is 11.9 Å². The van der Waals surface area contributed by atoms with Gasteiger partial charge in [-0.1, -0.05) is 15.9 Å². The van der Waals surface area contributed by atoms with Crippen molar-refractivity contribution in [1.29, 1.82) is 0 Å². The van der Waals surface area contributed by atoms with E-state index in [1.165, 1.54) is 12.0 Å². The molecule has 0 aromatic carbocycles. The van der Waals surface area contributed by atoms with Gasteiger partial charge in [-0.2, -0.15) is 0 Å². The Hall–Kier alpha value is -0.660. The highest BCUT2D eigenvalue weighted by atomic mass is 79.9. The van der Waals surface area contributed by atoms with E-state index < -0.39 is 24.4 Å². The number of hydrogen-bond acceptors (Lipinski definition) is 5. The van der Waals surface area contributed by atoms with Gasteiger partial charge in [0.1, 0.15) is 12.7 Å². The van der Waals surface area contributed by atoms with E-state index in [4.69, 9.17) is 14.2 Å². The smallest absolute Gasteiger partial charge is 0.331 e. The molecule has 0 spiro atoms. The molecule has 2 aliphatic rings. The van der Waals surface area contributed by atoms with Crippen LogP contribution >= 0.6 is 15.9 Å². The Morgan fingerprint density at radius 1 is 1.69 bits per heavy atom. The number of alkyl halides is 1. The minimum absolute atomic E-state index is 0.167. The number of methoxy groups -OCH3 is 1. The van der Waals surface area contributed by atoms with Crippen LogP contribution in [0.2, 0.25) is 0 Å². The maximum Gasteiger partial charge on any atom is 0.331 e. The molecule has 0 unspecified atom stereocenters. The van der Waals surface area contributed by atoms with Crippen molar-refractivity contribution in [2.24, 2.45) is 0 Å². The van der Waals surface area contributed by atoms with E-state index in [0.717, 1.165) is 0 Å². The molecule has 7 heteroatoms. The third-order valence-corrected chi connectivity index (χ3v) is 3.17. The Morgan fingerprint density at radius 2 is 2.44 bits per heavy atom. The second-order valence-corrected chi connectivity index (χ2v) is 4.16. The van der Waals surface area contributed by atoms with E-state index in [1.807, 2.05) is 0 Å². The number of rotatable bonds is 2. The molecule has 2 saturated heterocycles. The summed E-state index contributed by atoms with van der Waals surface area (Å²) >= 11 is 3.08. The van der Waals surface area contributed by atoms with Crippen molar-refractivity contribution in [3.8, 4) is 0 Å². The van der Waals surface area contributed by atoms with Gasteiger partial charge in [-0.15, -0.1) is 0 Å². The number of fused-ring (bicyclic) bond motifs is 1. The van der Waals surface area contributed by atoms with E-state index in [-0.39, 0.29) is 24.4 Å². The average molecular weight is 294 g/mol. The Balaban J connectivity index is 2.18. The molecule has 2 rings (SSSR count). The summed E-state index contributed by atoms with van der Waals surface area (Å²) in [6.45, 7) is 0.423. The molecule has 2 fully saturated rings. The first-order valence-electron chi connectivity index (χ1n) is 4.87. The molecule has 0 aromatic heterocycles. The highest BCUT2D eigenvalue weighted by molar-refractivity contribution is 9.09. The lowest BCUT2D eigenvalue weighted by Crippen LogP contribution is -2.58. The average Bonchev–Trinajstić information content (AvgIpc) is 2.69. The predicted molar refractivity (Wildman–Crippen MR) is 55.9 cm³/mol. The number of nitrogens with zero attached hydrogens (tertiary/aromatic N) is 1. The van der Waals surface area contributed by atoms with Gasteiger partial charge in [0.15, 0.2) is 12.3 Å². The standard InChI is InChI=1S/C9H12BrNO5/c1-14-7-3-11(6(12)2-10)8-5(16-7)4-15-9(8)13/h5,7-8H,2-4H2,1H3/t5-,7-,8-/m1/s1. The Labute approximate surface area is 101 Å². The SMILES string of the molecule is CO[C@H]1CN(C(=O)CBr)[C@H]2C(=O)OC[C@H]2O1. The maximum absolute atomic E-state index is 11.7. The van der Waals surface area contributed by atoms with Gasteiger partial charge in [-0.05, 0) is 0 Å². The van der Waals surface area contributed by atoms with Crippen LogP contribution in [-0.4, -0.2) is 60.8 Å². The summed E-state index contributed by atoms with van der Waals surface area (Å²) in [4.78, 5) is 24.6. The van der Waals surface area contributed by atoms with Gasteiger partial charge >= 0.3 is 5.97 Å². The van der Waals surface area contributed by atoms with Gasteiger partial charge < -0.3 is 19.1 Å². The molecule has 1 amide bonds. The number of ether oxygens (including phenoxy) is 3. The summed E-state index contributed by atoms with van der Waals surface area (Å²) < 4.78 is 15.4. The van der Waals surface area contributed by atoms with E-state index >= 15 is 0 Å². The fraction of sp³-hybridized carbons (Fsp3) is 0.778. The van der Waals surface area contributed by atoms with Crippen molar-refractivity contribution < 1.29 is 23.8 Å². The van der Waals surface area contributed by atoms with Crippen LogP contribution in [0.5, 0.6) is 0 Å². The summed E-state index contributed by atoms with van der Waals surface area (Å²) in [6, 6.07) is -0.628. The van der Waals surface area contributed by atoms with Crippen LogP contribution in [0.15, 0.2) is 0 Å². The highest BCUT2D eigenvalue weighted by Gasteiger charge is 2.48. The number of morpholine rings is 1. The number of cyclic esters (lactones) is 1. The molecule has 0 radical (unpaired) electrons. The molecule has 6 nitrogen and oxygen atoms in total. The van der Waals surface area contributed by atoms with Crippen molar-refractivity contribution in [2.45, 2.75) is 18.4 Å². The first-order valence-corrected chi connectivity index (χ1v) is 6.00. The van der Waals surface area contributed by atoms with Gasteiger partial charge in [0.2, 0.25) is 5.91 Å². The largest absolute Gasteiger partial charge is 0.461 e. The molecule has 0 aliphatic carbocycles. The first kappa shape index (κ1) is 11.8. The second kappa shape index (κ2) is 4.68. The molecule has 0 bridgehead atoms. The number of carbonyl (C=O) groups is 2. The number of hydrogen-bond donors (Lipinski definition) is 0. The minimum Gasteiger partial charge on any atom is -0.461 e. The number of halogens is 1. The molecule has 3 atom stereocenters. The van der Waals surface area contributed by atoms with E-state index in [0.29, 0.717) is 0 Å². The van der Waals surface area contributed by atoms with Gasteiger partial charge in [0.25, 0.3) is 0 Å². The summed E-state index contributed by atoms with van der Waals surface area (Å²) in [5, 5.41) is 0.167. The van der Waals surface area contributed by atoms with Crippen LogP contribution < -0.4 is 0 Å². The van der Waals surface area contributed by atoms with Crippen molar-refractivity contribution in [3.63, 3.8) is 0 Å². The Bertz CT molecular complexity index is 310. The molecule has 16 heavy (non-hydrogen) atoms. The van der Waals surface area contributed by atoms with Crippen LogP contribution in [0.1, 0.15) is 0 Å². The summed E-state index contributed by atoms with van der Waals surface area (Å²) in [5.41, 5.74) is 0. The Kier molecular flexibility index (Phi) is 3.46. The van der Waals surface area contributed by atoms with Crippen LogP contribution in [-0.2, 0) is 23.8 Å². The normalized spacial score (nSPS) is 33.5. The molecule has 0 aromatic rings. The lowest BCUT2D eigenvalue weighted by molar-refractivity contribution is -0.208. The molecular weight excluding hydrogens is 282 g/mol. The summed E-state index contributed by atoms with van der Waals surface area (Å²) in [7, 11) is 1.50. The van der Waals surface area contributed by atoms with Gasteiger partial charge in [0, 0.05) is 7.11 Å². The monoisotopic (exact) mass is 293 g/mol. The third kappa shape index (κ3) is 1.94. The first-order chi connectivity index (χ1) is 7.67. The lowest BCUT2D eigenvalue weighted by atomic mass is 10.1. The molecule has 2 aliphatic heterocycles. The molecule has 0 N–H and O–H groups in total. The maximum atomic E-state index is 11.7. The minimum atomic E-state index is -0.628. The summed E-state index contributed by atoms with van der Waals surface area (Å²) in [5.74, 6) is -0.576. The molecular formula is C9H12BrNO5. The fourth-order valence-electron chi connectivity index (χ4n) is 1.91. The van der Waals surface area contributed by atoms with Crippen molar-refractivity contribution in [1.82, 2.24) is 4.90 Å². The third-order valence-electron chi connectivity index (χ3n) is 2.69. The van der Waals surface area contributed by atoms with Gasteiger partial charge in [-0.25, -0.2) is 4.79 Å². The summed E-state index contributed by atoms with van der Waals surface area (Å²) in [6.07, 6.45) is -0.923. The predicted octanol–water partition coefficient (Wildman–Crippen LogP) is -0.493. The van der Waals surface area contributed by atoms with Gasteiger partial charge in [-0.3, -0.25) is 4.79 Å². The van der Waals surface area contributed by atoms with E-state index in [2.05, 4.69) is 15.9 Å². The van der Waals surface area contributed by atoms with E-state index in [1.54, 1.807) is 0 Å². The number of amides is 1. The lowest BCUT2D eigenvalue weighted by Gasteiger charge is -2.38. The molecule has 90 valence electrons. The number of esters is 1. The zero-order valence-electron chi connectivity index (χ0n) is 8.72. The number of carbonyl (C=O) groups excluding carboxylic acids is 2. The molecule has 0 saturated carbocycles. The Morgan fingerprint density at radius 3 is 3.06 bits per heavy atom. The van der Waals surface area contributed by atoms with Crippen molar-refractivity contribution in [2.75, 3.05) is 25.6 Å². The van der Waals surface area contributed by atoms with Crippen LogP contribution in [0.25, 0.3) is 0 Å². The zero-order valence-corrected chi connectivity index (χ0v) is 10.3. The van der Waals surface area contributed by atoms with Crippen LogP contribution in [0, 0.1) is 0 Å². The van der Waals surface area contributed by atoms with Crippen molar-refractivity contribution >= 4 is 27.8 Å². The topological polar surface area (TPSA) is 65.1 Å². The fourth-order valence-corrected chi connectivity index (χ4v) is 2.23. The second-order valence-electron chi connectivity index (χ2n) is 3.59. The van der Waals surface area contributed by atoms with E-state index in [9.17, 15) is 9.59 Å². The molecule has 2 heterocycles. The quantitative estimate of drug-likeness (QED) is 0.508. The van der Waals surface area contributed by atoms with Crippen molar-refractivity contribution in [3.05, 3.63) is 0 Å².